The summed E-state index contributed by atoms with van der Waals surface area (Å²) in [5.74, 6) is 3.12. The van der Waals surface area contributed by atoms with Crippen LogP contribution in [0.3, 0.4) is 0 Å². The summed E-state index contributed by atoms with van der Waals surface area (Å²) in [4.78, 5) is 14.1. The summed E-state index contributed by atoms with van der Waals surface area (Å²) < 4.78 is 0. The number of fused-ring (bicyclic) bond motifs is 2. The molecule has 3 rings (SSSR count). The quantitative estimate of drug-likeness (QED) is 0.643. The van der Waals surface area contributed by atoms with Gasteiger partial charge in [-0.1, -0.05) is 12.2 Å². The van der Waals surface area contributed by atoms with E-state index in [-0.39, 0.29) is 0 Å². The molecule has 1 amide bonds. The van der Waals surface area contributed by atoms with Gasteiger partial charge in [0.05, 0.1) is 0 Å². The third kappa shape index (κ3) is 1.71. The Bertz CT molecular complexity index is 372. The van der Waals surface area contributed by atoms with Gasteiger partial charge in [-0.25, -0.2) is 0 Å². The summed E-state index contributed by atoms with van der Waals surface area (Å²) in [7, 11) is 0. The summed E-state index contributed by atoms with van der Waals surface area (Å²) in [6.07, 6.45) is 8.77. The monoisotopic (exact) mass is 235 g/mol. The first kappa shape index (κ1) is 10.5. The molecular weight excluding hydrogens is 218 g/mol. The van der Waals surface area contributed by atoms with Crippen molar-refractivity contribution in [1.29, 1.82) is 0 Å². The van der Waals surface area contributed by atoms with E-state index < -0.39 is 0 Å². The maximum atomic E-state index is 12.1. The molecule has 1 unspecified atom stereocenters. The van der Waals surface area contributed by atoms with Gasteiger partial charge in [-0.2, -0.15) is 11.8 Å². The molecule has 3 heteroatoms. The summed E-state index contributed by atoms with van der Waals surface area (Å²) in [5, 5.41) is 0. The van der Waals surface area contributed by atoms with Crippen LogP contribution in [0.2, 0.25) is 0 Å². The van der Waals surface area contributed by atoms with Crippen molar-refractivity contribution in [3.05, 3.63) is 23.4 Å². The third-order valence-corrected chi connectivity index (χ3v) is 4.73. The molecule has 1 aliphatic carbocycles. The van der Waals surface area contributed by atoms with Gasteiger partial charge in [0.15, 0.2) is 0 Å². The largest absolute Gasteiger partial charge is 0.314 e. The Kier molecular flexibility index (Phi) is 2.80. The minimum atomic E-state index is 0.352. The number of carbonyl (C=O) groups is 1. The highest BCUT2D eigenvalue weighted by Gasteiger charge is 2.31. The van der Waals surface area contributed by atoms with Gasteiger partial charge < -0.3 is 4.90 Å². The van der Waals surface area contributed by atoms with E-state index in [1.54, 1.807) is 0 Å². The van der Waals surface area contributed by atoms with Gasteiger partial charge in [-0.05, 0) is 30.8 Å². The van der Waals surface area contributed by atoms with Crippen molar-refractivity contribution in [2.24, 2.45) is 5.92 Å². The Morgan fingerprint density at radius 2 is 2.31 bits per heavy atom. The molecule has 0 saturated carbocycles. The number of allylic oxidation sites excluding steroid dienone is 3. The van der Waals surface area contributed by atoms with Crippen molar-refractivity contribution in [3.63, 3.8) is 0 Å². The molecule has 0 bridgehead atoms. The lowest BCUT2D eigenvalue weighted by atomic mass is 9.85. The lowest BCUT2D eigenvalue weighted by molar-refractivity contribution is -0.129. The van der Waals surface area contributed by atoms with Crippen LogP contribution in [0.5, 0.6) is 0 Å². The molecular formula is C13H17NOS. The number of hydrogen-bond acceptors (Lipinski definition) is 2. The summed E-state index contributed by atoms with van der Waals surface area (Å²) in [6, 6.07) is 0. The first-order chi connectivity index (χ1) is 7.86. The van der Waals surface area contributed by atoms with Gasteiger partial charge in [-0.3, -0.25) is 4.79 Å². The SMILES string of the molecule is O=C1CCC2CCC=CC2=C2CSCCN12. The maximum absolute atomic E-state index is 12.1. The highest BCUT2D eigenvalue weighted by Crippen LogP contribution is 2.37. The van der Waals surface area contributed by atoms with Gasteiger partial charge in [0.2, 0.25) is 5.91 Å². The van der Waals surface area contributed by atoms with Crippen LogP contribution in [-0.4, -0.2) is 28.9 Å². The average molecular weight is 235 g/mol. The topological polar surface area (TPSA) is 20.3 Å². The average Bonchev–Trinajstić information content (AvgIpc) is 2.49. The zero-order chi connectivity index (χ0) is 11.0. The van der Waals surface area contributed by atoms with Crippen LogP contribution < -0.4 is 0 Å². The van der Waals surface area contributed by atoms with Crippen LogP contribution >= 0.6 is 11.8 Å². The lowest BCUT2D eigenvalue weighted by Gasteiger charge is -2.31. The van der Waals surface area contributed by atoms with E-state index in [2.05, 4.69) is 17.1 Å². The second kappa shape index (κ2) is 4.28. The van der Waals surface area contributed by atoms with Crippen LogP contribution in [0.25, 0.3) is 0 Å². The molecule has 86 valence electrons. The molecule has 0 aromatic heterocycles. The molecule has 2 aliphatic heterocycles. The van der Waals surface area contributed by atoms with Crippen molar-refractivity contribution in [1.82, 2.24) is 4.90 Å². The van der Waals surface area contributed by atoms with Crippen molar-refractivity contribution in [3.8, 4) is 0 Å². The third-order valence-electron chi connectivity index (χ3n) is 3.78. The standard InChI is InChI=1S/C13H17NOS/c15-13-6-5-10-3-1-2-4-11(10)12-9-16-8-7-14(12)13/h2,4,10H,1,3,5-9H2. The van der Waals surface area contributed by atoms with Crippen molar-refractivity contribution in [2.75, 3.05) is 18.1 Å². The predicted molar refractivity (Wildman–Crippen MR) is 67.2 cm³/mol. The van der Waals surface area contributed by atoms with Gasteiger partial charge in [-0.15, -0.1) is 0 Å². The molecule has 1 saturated heterocycles. The smallest absolute Gasteiger partial charge is 0.226 e. The van der Waals surface area contributed by atoms with Crippen LogP contribution in [0.1, 0.15) is 25.7 Å². The molecule has 0 spiro atoms. The maximum Gasteiger partial charge on any atom is 0.226 e. The fraction of sp³-hybridized carbons (Fsp3) is 0.615. The van der Waals surface area contributed by atoms with E-state index in [9.17, 15) is 4.79 Å². The Morgan fingerprint density at radius 3 is 3.25 bits per heavy atom. The second-order valence-electron chi connectivity index (χ2n) is 4.72. The highest BCUT2D eigenvalue weighted by atomic mass is 32.2. The van der Waals surface area contributed by atoms with Gasteiger partial charge in [0, 0.05) is 30.2 Å². The normalized spacial score (nSPS) is 29.9. The first-order valence-electron chi connectivity index (χ1n) is 6.14. The molecule has 0 radical (unpaired) electrons. The van der Waals surface area contributed by atoms with E-state index in [1.807, 2.05) is 11.8 Å². The van der Waals surface area contributed by atoms with Crippen LogP contribution in [0, 0.1) is 5.92 Å². The fourth-order valence-electron chi connectivity index (χ4n) is 2.92. The molecule has 1 fully saturated rings. The first-order valence-corrected chi connectivity index (χ1v) is 7.29. The molecule has 2 heterocycles. The second-order valence-corrected chi connectivity index (χ2v) is 5.82. The van der Waals surface area contributed by atoms with Crippen LogP contribution in [0.15, 0.2) is 23.4 Å². The molecule has 0 aromatic rings. The minimum Gasteiger partial charge on any atom is -0.314 e. The molecule has 16 heavy (non-hydrogen) atoms. The Labute approximate surface area is 101 Å². The number of carbonyl (C=O) groups excluding carboxylic acids is 1. The Hall–Kier alpha value is -0.700. The lowest BCUT2D eigenvalue weighted by Crippen LogP contribution is -2.35. The zero-order valence-corrected chi connectivity index (χ0v) is 10.3. The van der Waals surface area contributed by atoms with E-state index in [4.69, 9.17) is 0 Å². The summed E-state index contributed by atoms with van der Waals surface area (Å²) in [5.41, 5.74) is 2.78. The summed E-state index contributed by atoms with van der Waals surface area (Å²) >= 11 is 1.96. The van der Waals surface area contributed by atoms with Crippen LogP contribution in [0.4, 0.5) is 0 Å². The van der Waals surface area contributed by atoms with Gasteiger partial charge in [0.25, 0.3) is 0 Å². The van der Waals surface area contributed by atoms with E-state index in [0.717, 1.165) is 30.9 Å². The van der Waals surface area contributed by atoms with Crippen molar-refractivity contribution in [2.45, 2.75) is 25.7 Å². The molecule has 0 aromatic carbocycles. The van der Waals surface area contributed by atoms with Gasteiger partial charge in [0.1, 0.15) is 0 Å². The number of rotatable bonds is 0. The van der Waals surface area contributed by atoms with E-state index in [0.29, 0.717) is 11.8 Å². The van der Waals surface area contributed by atoms with E-state index in [1.165, 1.54) is 24.1 Å². The highest BCUT2D eigenvalue weighted by molar-refractivity contribution is 7.99. The molecule has 2 nitrogen and oxygen atoms in total. The van der Waals surface area contributed by atoms with E-state index >= 15 is 0 Å². The predicted octanol–water partition coefficient (Wildman–Crippen LogP) is 2.58. The Balaban J connectivity index is 2.03. The number of thioether (sulfide) groups is 1. The Morgan fingerprint density at radius 1 is 1.38 bits per heavy atom. The van der Waals surface area contributed by atoms with Crippen molar-refractivity contribution >= 4 is 17.7 Å². The number of amides is 1. The number of nitrogens with zero attached hydrogens (tertiary/aromatic N) is 1. The molecule has 3 aliphatic rings. The molecule has 0 N–H and O–H groups in total. The fourth-order valence-corrected chi connectivity index (χ4v) is 3.89. The van der Waals surface area contributed by atoms with Crippen molar-refractivity contribution < 1.29 is 4.79 Å². The summed E-state index contributed by atoms with van der Waals surface area (Å²) in [6.45, 7) is 0.920. The van der Waals surface area contributed by atoms with Gasteiger partial charge >= 0.3 is 0 Å². The minimum absolute atomic E-state index is 0.352. The number of hydrogen-bond donors (Lipinski definition) is 0. The molecule has 1 atom stereocenters. The zero-order valence-electron chi connectivity index (χ0n) is 9.45. The van der Waals surface area contributed by atoms with Crippen LogP contribution in [-0.2, 0) is 4.79 Å².